The lowest BCUT2D eigenvalue weighted by molar-refractivity contribution is -0.141. The summed E-state index contributed by atoms with van der Waals surface area (Å²) in [5, 5.41) is 4.76. The minimum absolute atomic E-state index is 0.0717. The van der Waals surface area contributed by atoms with Crippen molar-refractivity contribution < 1.29 is 14.3 Å². The zero-order valence-corrected chi connectivity index (χ0v) is 12.0. The van der Waals surface area contributed by atoms with Gasteiger partial charge in [-0.3, -0.25) is 14.7 Å². The van der Waals surface area contributed by atoms with Crippen LogP contribution in [-0.2, 0) is 9.53 Å². The van der Waals surface area contributed by atoms with E-state index in [1.807, 2.05) is 0 Å². The molecule has 8 nitrogen and oxygen atoms in total. The number of nitrogen functional groups attached to an aromatic ring is 1. The van der Waals surface area contributed by atoms with Crippen molar-refractivity contribution in [2.24, 2.45) is 0 Å². The molecule has 0 spiro atoms. The molecule has 0 aliphatic rings. The molecule has 1 heterocycles. The summed E-state index contributed by atoms with van der Waals surface area (Å²) < 4.78 is 5.40. The number of anilines is 1. The number of hydrogen-bond donors (Lipinski definition) is 3. The summed E-state index contributed by atoms with van der Waals surface area (Å²) in [7, 11) is 0. The zero-order chi connectivity index (χ0) is 16.1. The molecule has 0 fully saturated rings. The normalized spacial score (nSPS) is 10.2. The molecule has 1 aromatic heterocycles. The number of rotatable bonds is 4. The summed E-state index contributed by atoms with van der Waals surface area (Å²) in [5.74, 6) is -0.519. The summed E-state index contributed by atoms with van der Waals surface area (Å²) in [6.07, 6.45) is 0. The van der Waals surface area contributed by atoms with Crippen LogP contribution < -0.4 is 16.6 Å². The Kier molecular flexibility index (Phi) is 4.62. The highest BCUT2D eigenvalue weighted by Gasteiger charge is 2.18. The summed E-state index contributed by atoms with van der Waals surface area (Å²) in [5.41, 5.74) is 5.97. The second kappa shape index (κ2) is 6.61. The number of nitrogens with one attached hydrogen (secondary N) is 2. The highest BCUT2D eigenvalue weighted by atomic mass is 16.5. The number of nitrogens with zero attached hydrogens (tertiary/aromatic N) is 1. The molecular formula is C14H16N4O4. The SMILES string of the molecule is CCOC(=O)CNC(=O)n1[nH]c(N)c(-c2ccccc2)c1=O. The Labute approximate surface area is 125 Å². The van der Waals surface area contributed by atoms with Crippen molar-refractivity contribution in [1.29, 1.82) is 0 Å². The number of hydrogen-bond acceptors (Lipinski definition) is 5. The minimum Gasteiger partial charge on any atom is -0.465 e. The fourth-order valence-corrected chi connectivity index (χ4v) is 1.92. The van der Waals surface area contributed by atoms with Crippen LogP contribution in [0.25, 0.3) is 11.1 Å². The highest BCUT2D eigenvalue weighted by Crippen LogP contribution is 2.19. The standard InChI is InChI=1S/C14H16N4O4/c1-2-22-10(19)8-16-14(21)18-13(20)11(12(15)17-18)9-6-4-3-5-7-9/h3-7,17H,2,8,15H2,1H3,(H,16,21). The van der Waals surface area contributed by atoms with Crippen LogP contribution in [0.4, 0.5) is 10.6 Å². The summed E-state index contributed by atoms with van der Waals surface area (Å²) in [6.45, 7) is 1.53. The number of amides is 1. The molecule has 116 valence electrons. The van der Waals surface area contributed by atoms with E-state index in [1.165, 1.54) is 0 Å². The number of carbonyl (C=O) groups excluding carboxylic acids is 2. The molecule has 0 aliphatic carbocycles. The van der Waals surface area contributed by atoms with Gasteiger partial charge in [-0.2, -0.15) is 4.68 Å². The van der Waals surface area contributed by atoms with Crippen molar-refractivity contribution in [2.45, 2.75) is 6.92 Å². The first-order chi connectivity index (χ1) is 10.5. The van der Waals surface area contributed by atoms with Crippen LogP contribution in [0.3, 0.4) is 0 Å². The van der Waals surface area contributed by atoms with E-state index in [4.69, 9.17) is 5.73 Å². The van der Waals surface area contributed by atoms with E-state index in [-0.39, 0.29) is 24.5 Å². The number of esters is 1. The van der Waals surface area contributed by atoms with Crippen molar-refractivity contribution in [3.05, 3.63) is 40.7 Å². The van der Waals surface area contributed by atoms with Crippen LogP contribution in [0.5, 0.6) is 0 Å². The van der Waals surface area contributed by atoms with Gasteiger partial charge in [-0.25, -0.2) is 4.79 Å². The van der Waals surface area contributed by atoms with E-state index in [9.17, 15) is 14.4 Å². The van der Waals surface area contributed by atoms with Crippen LogP contribution >= 0.6 is 0 Å². The second-order valence-corrected chi connectivity index (χ2v) is 4.37. The van der Waals surface area contributed by atoms with Crippen molar-refractivity contribution in [1.82, 2.24) is 15.1 Å². The number of H-pyrrole nitrogens is 1. The third-order valence-corrected chi connectivity index (χ3v) is 2.87. The number of ether oxygens (including phenoxy) is 1. The first-order valence-electron chi connectivity index (χ1n) is 6.64. The van der Waals surface area contributed by atoms with Gasteiger partial charge in [-0.05, 0) is 12.5 Å². The summed E-state index contributed by atoms with van der Waals surface area (Å²) in [6, 6.07) is 7.95. The molecule has 1 amide bonds. The molecule has 8 heteroatoms. The summed E-state index contributed by atoms with van der Waals surface area (Å²) >= 11 is 0. The van der Waals surface area contributed by atoms with Gasteiger partial charge in [-0.15, -0.1) is 0 Å². The van der Waals surface area contributed by atoms with Gasteiger partial charge in [0.25, 0.3) is 5.56 Å². The smallest absolute Gasteiger partial charge is 0.344 e. The van der Waals surface area contributed by atoms with Crippen LogP contribution in [0, 0.1) is 0 Å². The molecule has 0 atom stereocenters. The van der Waals surface area contributed by atoms with Gasteiger partial charge in [0.15, 0.2) is 0 Å². The zero-order valence-electron chi connectivity index (χ0n) is 12.0. The fourth-order valence-electron chi connectivity index (χ4n) is 1.92. The maximum absolute atomic E-state index is 12.3. The Morgan fingerprint density at radius 3 is 2.64 bits per heavy atom. The van der Waals surface area contributed by atoms with Gasteiger partial charge in [-0.1, -0.05) is 30.3 Å². The van der Waals surface area contributed by atoms with E-state index in [0.29, 0.717) is 5.56 Å². The number of aromatic nitrogens is 2. The third-order valence-electron chi connectivity index (χ3n) is 2.87. The second-order valence-electron chi connectivity index (χ2n) is 4.37. The molecular weight excluding hydrogens is 288 g/mol. The lowest BCUT2D eigenvalue weighted by Crippen LogP contribution is -2.38. The summed E-state index contributed by atoms with van der Waals surface area (Å²) in [4.78, 5) is 35.4. The first-order valence-corrected chi connectivity index (χ1v) is 6.64. The van der Waals surface area contributed by atoms with Gasteiger partial charge in [0.1, 0.15) is 12.4 Å². The molecule has 0 radical (unpaired) electrons. The molecule has 0 bridgehead atoms. The fraction of sp³-hybridized carbons (Fsp3) is 0.214. The van der Waals surface area contributed by atoms with E-state index >= 15 is 0 Å². The maximum Gasteiger partial charge on any atom is 0.344 e. The Balaban J connectivity index is 2.22. The van der Waals surface area contributed by atoms with Crippen molar-refractivity contribution >= 4 is 17.8 Å². The molecule has 2 rings (SSSR count). The number of nitrogens with two attached hydrogens (primary N) is 1. The highest BCUT2D eigenvalue weighted by molar-refractivity contribution is 5.84. The largest absolute Gasteiger partial charge is 0.465 e. The molecule has 22 heavy (non-hydrogen) atoms. The van der Waals surface area contributed by atoms with E-state index in [2.05, 4.69) is 15.2 Å². The molecule has 1 aromatic carbocycles. The number of benzene rings is 1. The molecule has 0 saturated carbocycles. The predicted molar refractivity (Wildman–Crippen MR) is 80.3 cm³/mol. The lowest BCUT2D eigenvalue weighted by atomic mass is 10.1. The average Bonchev–Trinajstić information content (AvgIpc) is 2.81. The Bertz CT molecular complexity index is 733. The number of aromatic amines is 1. The predicted octanol–water partition coefficient (Wildman–Crippen LogP) is 0.546. The Morgan fingerprint density at radius 1 is 1.32 bits per heavy atom. The molecule has 0 unspecified atom stereocenters. The monoisotopic (exact) mass is 304 g/mol. The maximum atomic E-state index is 12.3. The number of carbonyl (C=O) groups is 2. The molecule has 0 saturated heterocycles. The van der Waals surface area contributed by atoms with Crippen molar-refractivity contribution in [3.63, 3.8) is 0 Å². The van der Waals surface area contributed by atoms with Crippen LogP contribution in [0.1, 0.15) is 6.92 Å². The van der Waals surface area contributed by atoms with Crippen molar-refractivity contribution in [2.75, 3.05) is 18.9 Å². The topological polar surface area (TPSA) is 119 Å². The first kappa shape index (κ1) is 15.4. The third kappa shape index (κ3) is 3.17. The Hall–Kier alpha value is -3.03. The van der Waals surface area contributed by atoms with E-state index < -0.39 is 17.6 Å². The molecule has 2 aromatic rings. The van der Waals surface area contributed by atoms with Crippen molar-refractivity contribution in [3.8, 4) is 11.1 Å². The van der Waals surface area contributed by atoms with Gasteiger partial charge in [0.05, 0.1) is 12.2 Å². The van der Waals surface area contributed by atoms with Crippen LogP contribution in [-0.4, -0.2) is 34.9 Å². The van der Waals surface area contributed by atoms with E-state index in [1.54, 1.807) is 37.3 Å². The lowest BCUT2D eigenvalue weighted by Gasteiger charge is -2.04. The van der Waals surface area contributed by atoms with Gasteiger partial charge in [0, 0.05) is 0 Å². The van der Waals surface area contributed by atoms with Gasteiger partial charge < -0.3 is 15.8 Å². The van der Waals surface area contributed by atoms with Gasteiger partial charge in [0.2, 0.25) is 0 Å². The van der Waals surface area contributed by atoms with Gasteiger partial charge >= 0.3 is 12.0 Å². The minimum atomic E-state index is -0.785. The Morgan fingerprint density at radius 2 is 2.00 bits per heavy atom. The quantitative estimate of drug-likeness (QED) is 0.712. The average molecular weight is 304 g/mol. The van der Waals surface area contributed by atoms with Crippen LogP contribution in [0.15, 0.2) is 35.1 Å². The molecule has 4 N–H and O–H groups in total. The van der Waals surface area contributed by atoms with Crippen LogP contribution in [0.2, 0.25) is 0 Å². The molecule has 0 aliphatic heterocycles. The van der Waals surface area contributed by atoms with E-state index in [0.717, 1.165) is 4.68 Å².